The monoisotopic (exact) mass is 232 g/mol. The molecule has 0 aromatic heterocycles. The molecule has 0 saturated carbocycles. The molecule has 1 aromatic carbocycles. The lowest BCUT2D eigenvalue weighted by Gasteiger charge is -2.09. The van der Waals surface area contributed by atoms with E-state index < -0.39 is 5.91 Å². The molecule has 1 aliphatic rings. The highest BCUT2D eigenvalue weighted by atomic mass is 16.2. The van der Waals surface area contributed by atoms with Crippen LogP contribution in [-0.2, 0) is 11.2 Å². The third-order valence-electron chi connectivity index (χ3n) is 2.77. The minimum absolute atomic E-state index is 0.0280. The molecule has 1 heterocycles. The molecule has 88 valence electrons. The number of amides is 3. The van der Waals surface area contributed by atoms with Crippen molar-refractivity contribution in [1.82, 2.24) is 4.90 Å². The Morgan fingerprint density at radius 3 is 2.59 bits per heavy atom. The molecule has 1 aromatic rings. The van der Waals surface area contributed by atoms with Crippen molar-refractivity contribution >= 4 is 17.7 Å². The Balaban J connectivity index is 2.54. The second kappa shape index (κ2) is 4.01. The van der Waals surface area contributed by atoms with Crippen LogP contribution in [0.1, 0.15) is 33.2 Å². The zero-order valence-electron chi connectivity index (χ0n) is 9.40. The van der Waals surface area contributed by atoms with Gasteiger partial charge in [0.2, 0.25) is 5.91 Å². The number of primary amides is 1. The first-order chi connectivity index (χ1) is 8.06. The molecule has 3 amide bonds. The van der Waals surface area contributed by atoms with Crippen LogP contribution in [0.2, 0.25) is 0 Å². The molecule has 0 atom stereocenters. The number of carbonyl (C=O) groups is 3. The van der Waals surface area contributed by atoms with E-state index in [4.69, 9.17) is 5.73 Å². The third kappa shape index (κ3) is 1.69. The number of rotatable bonds is 3. The fraction of sp³-hybridized carbons (Fsp3) is 0.250. The predicted molar refractivity (Wildman–Crippen MR) is 60.4 cm³/mol. The Kier molecular flexibility index (Phi) is 2.67. The van der Waals surface area contributed by atoms with Gasteiger partial charge in [0.25, 0.3) is 11.8 Å². The average Bonchev–Trinajstić information content (AvgIpc) is 2.52. The SMILES string of the molecule is CCN1C(=O)c2cccc(CC(N)=O)c2C1=O. The van der Waals surface area contributed by atoms with Crippen LogP contribution >= 0.6 is 0 Å². The summed E-state index contributed by atoms with van der Waals surface area (Å²) < 4.78 is 0. The average molecular weight is 232 g/mol. The lowest BCUT2D eigenvalue weighted by Crippen LogP contribution is -2.29. The van der Waals surface area contributed by atoms with Crippen LogP contribution in [0, 0.1) is 0 Å². The van der Waals surface area contributed by atoms with Crippen molar-refractivity contribution in [3.05, 3.63) is 34.9 Å². The highest BCUT2D eigenvalue weighted by Gasteiger charge is 2.36. The van der Waals surface area contributed by atoms with Gasteiger partial charge in [0, 0.05) is 6.54 Å². The summed E-state index contributed by atoms with van der Waals surface area (Å²) in [7, 11) is 0. The Bertz CT molecular complexity index is 522. The van der Waals surface area contributed by atoms with Crippen LogP contribution in [0.25, 0.3) is 0 Å². The fourth-order valence-electron chi connectivity index (χ4n) is 2.03. The first-order valence-electron chi connectivity index (χ1n) is 5.32. The van der Waals surface area contributed by atoms with Gasteiger partial charge in [-0.25, -0.2) is 0 Å². The van der Waals surface area contributed by atoms with E-state index in [9.17, 15) is 14.4 Å². The van der Waals surface area contributed by atoms with Crippen molar-refractivity contribution in [2.45, 2.75) is 13.3 Å². The molecule has 1 aliphatic heterocycles. The van der Waals surface area contributed by atoms with Gasteiger partial charge in [0.05, 0.1) is 17.5 Å². The van der Waals surface area contributed by atoms with E-state index in [0.29, 0.717) is 23.2 Å². The number of benzene rings is 1. The van der Waals surface area contributed by atoms with Crippen molar-refractivity contribution in [2.24, 2.45) is 5.73 Å². The van der Waals surface area contributed by atoms with Crippen LogP contribution in [-0.4, -0.2) is 29.2 Å². The maximum atomic E-state index is 12.0. The zero-order valence-corrected chi connectivity index (χ0v) is 9.40. The van der Waals surface area contributed by atoms with E-state index in [1.807, 2.05) is 0 Å². The summed E-state index contributed by atoms with van der Waals surface area (Å²) in [6.45, 7) is 2.05. The molecular weight excluding hydrogens is 220 g/mol. The summed E-state index contributed by atoms with van der Waals surface area (Å²) in [5.41, 5.74) is 6.31. The van der Waals surface area contributed by atoms with Crippen LogP contribution in [0.5, 0.6) is 0 Å². The van der Waals surface area contributed by atoms with Crippen molar-refractivity contribution in [2.75, 3.05) is 6.54 Å². The standard InChI is InChI=1S/C12H12N2O3/c1-2-14-11(16)8-5-3-4-7(6-9(13)15)10(8)12(14)17/h3-5H,2,6H2,1H3,(H2,13,15). The first-order valence-corrected chi connectivity index (χ1v) is 5.32. The van der Waals surface area contributed by atoms with Gasteiger partial charge in [-0.15, -0.1) is 0 Å². The highest BCUT2D eigenvalue weighted by Crippen LogP contribution is 2.26. The molecule has 0 saturated heterocycles. The van der Waals surface area contributed by atoms with E-state index in [2.05, 4.69) is 0 Å². The molecule has 2 N–H and O–H groups in total. The lowest BCUT2D eigenvalue weighted by atomic mass is 10.0. The second-order valence-corrected chi connectivity index (χ2v) is 3.84. The molecule has 0 fully saturated rings. The van der Waals surface area contributed by atoms with Crippen molar-refractivity contribution in [3.8, 4) is 0 Å². The number of carbonyl (C=O) groups excluding carboxylic acids is 3. The van der Waals surface area contributed by atoms with Gasteiger partial charge in [0.15, 0.2) is 0 Å². The lowest BCUT2D eigenvalue weighted by molar-refractivity contribution is -0.117. The number of hydrogen-bond donors (Lipinski definition) is 1. The maximum absolute atomic E-state index is 12.0. The van der Waals surface area contributed by atoms with E-state index in [-0.39, 0.29) is 18.2 Å². The normalized spacial score (nSPS) is 14.1. The quantitative estimate of drug-likeness (QED) is 0.762. The van der Waals surface area contributed by atoms with Gasteiger partial charge >= 0.3 is 0 Å². The van der Waals surface area contributed by atoms with E-state index >= 15 is 0 Å². The predicted octanol–water partition coefficient (Wildman–Crippen LogP) is 0.330. The molecule has 0 unspecified atom stereocenters. The van der Waals surface area contributed by atoms with Crippen molar-refractivity contribution < 1.29 is 14.4 Å². The summed E-state index contributed by atoms with van der Waals surface area (Å²) in [5.74, 6) is -1.17. The number of nitrogens with zero attached hydrogens (tertiary/aromatic N) is 1. The van der Waals surface area contributed by atoms with Gasteiger partial charge in [-0.3, -0.25) is 19.3 Å². The van der Waals surface area contributed by atoms with Gasteiger partial charge in [-0.05, 0) is 18.6 Å². The molecule has 2 rings (SSSR count). The maximum Gasteiger partial charge on any atom is 0.261 e. The second-order valence-electron chi connectivity index (χ2n) is 3.84. The molecule has 5 heteroatoms. The van der Waals surface area contributed by atoms with Crippen LogP contribution in [0.4, 0.5) is 0 Å². The van der Waals surface area contributed by atoms with Crippen molar-refractivity contribution in [3.63, 3.8) is 0 Å². The Morgan fingerprint density at radius 1 is 1.29 bits per heavy atom. The molecule has 17 heavy (non-hydrogen) atoms. The van der Waals surface area contributed by atoms with Gasteiger partial charge in [-0.2, -0.15) is 0 Å². The fourth-order valence-corrected chi connectivity index (χ4v) is 2.03. The van der Waals surface area contributed by atoms with E-state index in [0.717, 1.165) is 4.90 Å². The van der Waals surface area contributed by atoms with Crippen molar-refractivity contribution in [1.29, 1.82) is 0 Å². The Hall–Kier alpha value is -2.17. The highest BCUT2D eigenvalue weighted by molar-refractivity contribution is 6.22. The zero-order chi connectivity index (χ0) is 12.6. The van der Waals surface area contributed by atoms with E-state index in [1.54, 1.807) is 25.1 Å². The summed E-state index contributed by atoms with van der Waals surface area (Å²) in [6.07, 6.45) is -0.0280. The van der Waals surface area contributed by atoms with Gasteiger partial charge in [0.1, 0.15) is 0 Å². The largest absolute Gasteiger partial charge is 0.369 e. The number of imide groups is 1. The number of fused-ring (bicyclic) bond motifs is 1. The molecule has 5 nitrogen and oxygen atoms in total. The molecule has 0 radical (unpaired) electrons. The first kappa shape index (κ1) is 11.3. The Morgan fingerprint density at radius 2 is 2.00 bits per heavy atom. The summed E-state index contributed by atoms with van der Waals surface area (Å²) in [6, 6.07) is 4.89. The molecular formula is C12H12N2O3. The van der Waals surface area contributed by atoms with E-state index in [1.165, 1.54) is 0 Å². The van der Waals surface area contributed by atoms with Gasteiger partial charge < -0.3 is 5.73 Å². The van der Waals surface area contributed by atoms with Crippen LogP contribution < -0.4 is 5.73 Å². The number of hydrogen-bond acceptors (Lipinski definition) is 3. The summed E-state index contributed by atoms with van der Waals surface area (Å²) in [5, 5.41) is 0. The molecule has 0 bridgehead atoms. The topological polar surface area (TPSA) is 80.5 Å². The number of nitrogens with two attached hydrogens (primary N) is 1. The minimum Gasteiger partial charge on any atom is -0.369 e. The summed E-state index contributed by atoms with van der Waals surface area (Å²) >= 11 is 0. The van der Waals surface area contributed by atoms with Crippen LogP contribution in [0.3, 0.4) is 0 Å². The molecule has 0 aliphatic carbocycles. The summed E-state index contributed by atoms with van der Waals surface area (Å²) in [4.78, 5) is 35.9. The smallest absolute Gasteiger partial charge is 0.261 e. The minimum atomic E-state index is -0.520. The van der Waals surface area contributed by atoms with Crippen LogP contribution in [0.15, 0.2) is 18.2 Å². The molecule has 0 spiro atoms. The Labute approximate surface area is 98.2 Å². The van der Waals surface area contributed by atoms with Gasteiger partial charge in [-0.1, -0.05) is 12.1 Å². The third-order valence-corrected chi connectivity index (χ3v) is 2.77.